The number of hydrogen-bond acceptors (Lipinski definition) is 4. The quantitative estimate of drug-likeness (QED) is 0.190. The van der Waals surface area contributed by atoms with Gasteiger partial charge in [-0.05, 0) is 12.8 Å². The van der Waals surface area contributed by atoms with E-state index in [1.807, 2.05) is 0 Å². The Labute approximate surface area is 159 Å². The van der Waals surface area contributed by atoms with Crippen LogP contribution < -0.4 is 0 Å². The molecule has 0 saturated carbocycles. The molecule has 0 aliphatic carbocycles. The van der Waals surface area contributed by atoms with Crippen LogP contribution >= 0.6 is 7.82 Å². The fourth-order valence-electron chi connectivity index (χ4n) is 2.16. The van der Waals surface area contributed by atoms with Crippen LogP contribution in [0.25, 0.3) is 0 Å². The Morgan fingerprint density at radius 1 is 0.720 bits per heavy atom. The first-order valence-corrected chi connectivity index (χ1v) is 12.9. The maximum absolute atomic E-state index is 11.6. The molecular weight excluding hydrogens is 383 g/mol. The standard InChI is InChI=1S/C16H35O4P.2H2O.O.Ti/c1-3-5-7-9-11-13-15-19-21(17,18)20-16-14-12-10-8-6-4-2;;;;/h3-16H2,1-2H3,(H,17,18);2*1H2;;/q;;;;+2/p-2. The van der Waals surface area contributed by atoms with Crippen molar-refractivity contribution in [1.82, 2.24) is 0 Å². The van der Waals surface area contributed by atoms with Gasteiger partial charge in [0.15, 0.2) is 0 Å². The topological polar surface area (TPSA) is 113 Å². The van der Waals surface area contributed by atoms with Crippen LogP contribution in [0.15, 0.2) is 0 Å². The fourth-order valence-corrected chi connectivity index (χ4v) is 2.96. The Bertz CT molecular complexity index is 316. The summed E-state index contributed by atoms with van der Waals surface area (Å²) in [6.07, 6.45) is 13.6. The molecule has 0 heterocycles. The zero-order chi connectivity index (χ0) is 19.4. The van der Waals surface area contributed by atoms with Crippen molar-refractivity contribution in [3.8, 4) is 0 Å². The molecule has 25 heavy (non-hydrogen) atoms. The summed E-state index contributed by atoms with van der Waals surface area (Å²) in [6, 6.07) is 0. The van der Waals surface area contributed by atoms with Gasteiger partial charge in [-0.1, -0.05) is 78.1 Å². The van der Waals surface area contributed by atoms with Crippen LogP contribution in [0.2, 0.25) is 0 Å². The third-order valence-electron chi connectivity index (χ3n) is 3.50. The van der Waals surface area contributed by atoms with Crippen LogP contribution in [-0.4, -0.2) is 25.5 Å². The molecule has 0 amide bonds. The zero-order valence-electron chi connectivity index (χ0n) is 15.8. The van der Waals surface area contributed by atoms with Crippen molar-refractivity contribution in [3.05, 3.63) is 0 Å². The van der Waals surface area contributed by atoms with Crippen molar-refractivity contribution in [1.29, 1.82) is 0 Å². The van der Waals surface area contributed by atoms with E-state index in [2.05, 4.69) is 13.8 Å². The molecule has 0 aromatic rings. The Morgan fingerprint density at radius 3 is 1.32 bits per heavy atom. The molecule has 0 atom stereocenters. The molecule has 0 rings (SSSR count). The molecule has 9 heteroatoms. The molecule has 0 bridgehead atoms. The van der Waals surface area contributed by atoms with E-state index in [1.54, 1.807) is 0 Å². The van der Waals surface area contributed by atoms with Crippen LogP contribution in [-0.2, 0) is 35.6 Å². The van der Waals surface area contributed by atoms with Gasteiger partial charge in [-0.3, -0.25) is 9.05 Å². The summed E-state index contributed by atoms with van der Waals surface area (Å²) in [7, 11) is -3.82. The summed E-state index contributed by atoms with van der Waals surface area (Å²) in [4.78, 5) is 9.51. The van der Waals surface area contributed by atoms with E-state index >= 15 is 0 Å². The second kappa shape index (κ2) is 20.9. The Hall–Kier alpha value is 0.544. The van der Waals surface area contributed by atoms with Gasteiger partial charge in [-0.15, -0.1) is 0 Å². The summed E-state index contributed by atoms with van der Waals surface area (Å²) in [5, 5.41) is 0. The molecule has 0 aliphatic heterocycles. The average Bonchev–Trinajstić information content (AvgIpc) is 2.52. The van der Waals surface area contributed by atoms with Crippen LogP contribution in [0.3, 0.4) is 0 Å². The molecule has 0 aliphatic rings. The predicted molar refractivity (Wildman–Crippen MR) is 93.6 cm³/mol. The van der Waals surface area contributed by atoms with E-state index in [0.717, 1.165) is 25.7 Å². The van der Waals surface area contributed by atoms with E-state index in [-0.39, 0.29) is 0 Å². The van der Waals surface area contributed by atoms with Gasteiger partial charge < -0.3 is 4.89 Å². The van der Waals surface area contributed by atoms with Crippen LogP contribution in [0.1, 0.15) is 90.9 Å². The van der Waals surface area contributed by atoms with E-state index in [1.165, 1.54) is 51.4 Å². The molecule has 0 unspecified atom stereocenters. The summed E-state index contributed by atoms with van der Waals surface area (Å²) in [6.45, 7) is 5.01. The molecule has 0 spiro atoms. The van der Waals surface area contributed by atoms with Gasteiger partial charge in [0.2, 0.25) is 0 Å². The number of unbranched alkanes of at least 4 members (excludes halogenated alkanes) is 10. The van der Waals surface area contributed by atoms with Gasteiger partial charge in [0.05, 0.1) is 13.2 Å². The maximum atomic E-state index is 11.6. The van der Waals surface area contributed by atoms with Crippen LogP contribution in [0.4, 0.5) is 0 Å². The first-order chi connectivity index (χ1) is 11.9. The van der Waals surface area contributed by atoms with Gasteiger partial charge in [0.1, 0.15) is 0 Å². The summed E-state index contributed by atoms with van der Waals surface area (Å²) in [5.74, 6) is 0. The average molecular weight is 420 g/mol. The Balaban J connectivity index is 0. The van der Waals surface area contributed by atoms with E-state index in [0.29, 0.717) is 13.2 Å². The van der Waals surface area contributed by atoms with Crippen molar-refractivity contribution < 1.29 is 47.8 Å². The van der Waals surface area contributed by atoms with Gasteiger partial charge in [0, 0.05) is 0 Å². The molecule has 0 aromatic carbocycles. The minimum absolute atomic E-state index is 0.316. The molecule has 7 nitrogen and oxygen atoms in total. The number of hydrogen-bond donors (Lipinski definition) is 3. The molecule has 3 N–H and O–H groups in total. The summed E-state index contributed by atoms with van der Waals surface area (Å²) in [5.41, 5.74) is 0. The number of rotatable bonds is 16. The SMILES string of the molecule is CCCCCCCCOP(=O)(O)OCCCCCCCC.[O]=[Ti]([OH])[OH]. The Kier molecular flexibility index (Phi) is 23.2. The first kappa shape index (κ1) is 27.8. The van der Waals surface area contributed by atoms with Crippen molar-refractivity contribution in [3.63, 3.8) is 0 Å². The molecule has 0 fully saturated rings. The molecule has 0 saturated heterocycles. The van der Waals surface area contributed by atoms with Crippen molar-refractivity contribution >= 4 is 7.82 Å². The van der Waals surface area contributed by atoms with Crippen molar-refractivity contribution in [2.24, 2.45) is 0 Å². The van der Waals surface area contributed by atoms with Crippen LogP contribution in [0.5, 0.6) is 0 Å². The first-order valence-electron chi connectivity index (χ1n) is 9.39. The fraction of sp³-hybridized carbons (Fsp3) is 1.00. The third kappa shape index (κ3) is 29.6. The van der Waals surface area contributed by atoms with Gasteiger partial charge >= 0.3 is 37.1 Å². The minimum atomic E-state index is -3.82. The van der Waals surface area contributed by atoms with Crippen molar-refractivity contribution in [2.75, 3.05) is 13.2 Å². The predicted octanol–water partition coefficient (Wildman–Crippen LogP) is 4.61. The number of phosphoric acid groups is 1. The molecule has 0 aromatic heterocycles. The molecule has 152 valence electrons. The van der Waals surface area contributed by atoms with Crippen LogP contribution in [0, 0.1) is 0 Å². The zero-order valence-corrected chi connectivity index (χ0v) is 18.3. The van der Waals surface area contributed by atoms with Gasteiger partial charge in [-0.2, -0.15) is 0 Å². The summed E-state index contributed by atoms with van der Waals surface area (Å²) < 4.78 is 44.8. The summed E-state index contributed by atoms with van der Waals surface area (Å²) >= 11 is -3.58. The molecular formula is C16H37O7PTi. The van der Waals surface area contributed by atoms with E-state index in [9.17, 15) is 9.46 Å². The van der Waals surface area contributed by atoms with Gasteiger partial charge in [0.25, 0.3) is 0 Å². The number of phosphoric ester groups is 1. The van der Waals surface area contributed by atoms with Gasteiger partial charge in [-0.25, -0.2) is 4.57 Å². The van der Waals surface area contributed by atoms with E-state index < -0.39 is 26.4 Å². The van der Waals surface area contributed by atoms with Crippen molar-refractivity contribution in [2.45, 2.75) is 90.9 Å². The Morgan fingerprint density at radius 2 is 1.00 bits per heavy atom. The monoisotopic (exact) mass is 420 g/mol. The molecule has 0 radical (unpaired) electrons. The second-order valence-corrected chi connectivity index (χ2v) is 8.29. The van der Waals surface area contributed by atoms with E-state index in [4.69, 9.17) is 19.7 Å². The second-order valence-electron chi connectivity index (χ2n) is 5.95. The normalized spacial score (nSPS) is 11.1. The third-order valence-corrected chi connectivity index (χ3v) is 4.52.